The average molecular weight is 332 g/mol. The summed E-state index contributed by atoms with van der Waals surface area (Å²) in [6.45, 7) is 2.25. The predicted molar refractivity (Wildman–Crippen MR) is 88.3 cm³/mol. The molecule has 0 aliphatic carbocycles. The minimum absolute atomic E-state index is 0.177. The van der Waals surface area contributed by atoms with Crippen molar-refractivity contribution in [2.24, 2.45) is 0 Å². The first-order valence-electron chi connectivity index (χ1n) is 8.53. The lowest BCUT2D eigenvalue weighted by Gasteiger charge is -2.39. The van der Waals surface area contributed by atoms with Gasteiger partial charge in [0, 0.05) is 12.1 Å². The van der Waals surface area contributed by atoms with Gasteiger partial charge in [-0.1, -0.05) is 30.3 Å². The number of fused-ring (bicyclic) bond motifs is 2. The summed E-state index contributed by atoms with van der Waals surface area (Å²) in [5.41, 5.74) is -0.0795. The molecule has 6 nitrogen and oxygen atoms in total. The number of amides is 1. The van der Waals surface area contributed by atoms with Crippen molar-refractivity contribution in [1.29, 1.82) is 0 Å². The molecule has 2 N–H and O–H groups in total. The quantitative estimate of drug-likeness (QED) is 0.808. The molecule has 2 heterocycles. The van der Waals surface area contributed by atoms with Crippen molar-refractivity contribution in [3.8, 4) is 0 Å². The van der Waals surface area contributed by atoms with Crippen LogP contribution in [0, 0.1) is 0 Å². The zero-order chi connectivity index (χ0) is 17.0. The van der Waals surface area contributed by atoms with Crippen LogP contribution < -0.4 is 10.6 Å². The van der Waals surface area contributed by atoms with Gasteiger partial charge in [-0.05, 0) is 38.2 Å². The Balaban J connectivity index is 1.65. The Morgan fingerprint density at radius 1 is 1.17 bits per heavy atom. The summed E-state index contributed by atoms with van der Waals surface area (Å²) in [6.07, 6.45) is 2.55. The lowest BCUT2D eigenvalue weighted by Crippen LogP contribution is -2.62. The van der Waals surface area contributed by atoms with E-state index in [1.165, 1.54) is 0 Å². The van der Waals surface area contributed by atoms with Gasteiger partial charge in [-0.15, -0.1) is 0 Å². The maximum atomic E-state index is 12.5. The number of alkyl carbamates (subject to hydrolysis) is 1. The van der Waals surface area contributed by atoms with Gasteiger partial charge in [0.15, 0.2) is 0 Å². The summed E-state index contributed by atoms with van der Waals surface area (Å²) < 4.78 is 10.5. The lowest BCUT2D eigenvalue weighted by atomic mass is 9.84. The van der Waals surface area contributed by atoms with E-state index in [2.05, 4.69) is 10.6 Å². The third-order valence-corrected chi connectivity index (χ3v) is 4.74. The zero-order valence-corrected chi connectivity index (χ0v) is 13.9. The van der Waals surface area contributed by atoms with Gasteiger partial charge in [0.25, 0.3) is 0 Å². The molecule has 0 aromatic heterocycles. The smallest absolute Gasteiger partial charge is 0.408 e. The molecule has 1 aromatic carbocycles. The minimum Gasteiger partial charge on any atom is -0.464 e. The first kappa shape index (κ1) is 16.8. The minimum atomic E-state index is -0.985. The number of ether oxygens (including phenoxy) is 2. The van der Waals surface area contributed by atoms with Crippen molar-refractivity contribution in [3.05, 3.63) is 35.9 Å². The number of hydrogen-bond donors (Lipinski definition) is 2. The van der Waals surface area contributed by atoms with Gasteiger partial charge in [-0.3, -0.25) is 0 Å². The largest absolute Gasteiger partial charge is 0.464 e. The van der Waals surface area contributed by atoms with Crippen molar-refractivity contribution in [2.75, 3.05) is 6.61 Å². The predicted octanol–water partition coefficient (Wildman–Crippen LogP) is 2.13. The summed E-state index contributed by atoms with van der Waals surface area (Å²) in [4.78, 5) is 24.8. The summed E-state index contributed by atoms with van der Waals surface area (Å²) in [5.74, 6) is -0.361. The van der Waals surface area contributed by atoms with Crippen LogP contribution in [-0.4, -0.2) is 36.3 Å². The van der Waals surface area contributed by atoms with Gasteiger partial charge in [0.05, 0.1) is 6.61 Å². The molecule has 6 heteroatoms. The van der Waals surface area contributed by atoms with E-state index in [4.69, 9.17) is 9.47 Å². The lowest BCUT2D eigenvalue weighted by molar-refractivity contribution is -0.153. The van der Waals surface area contributed by atoms with Crippen molar-refractivity contribution in [3.63, 3.8) is 0 Å². The molecule has 2 bridgehead atoms. The number of esters is 1. The highest BCUT2D eigenvalue weighted by molar-refractivity contribution is 5.86. The number of rotatable bonds is 5. The molecule has 2 atom stereocenters. The molecule has 1 aromatic rings. The number of piperidine rings is 1. The van der Waals surface area contributed by atoms with E-state index in [1.54, 1.807) is 6.92 Å². The van der Waals surface area contributed by atoms with Gasteiger partial charge in [-0.25, -0.2) is 9.59 Å². The fourth-order valence-electron chi connectivity index (χ4n) is 3.69. The average Bonchev–Trinajstić information content (AvgIpc) is 2.93. The molecule has 0 radical (unpaired) electrons. The fourth-order valence-corrected chi connectivity index (χ4v) is 3.69. The van der Waals surface area contributed by atoms with E-state index < -0.39 is 11.6 Å². The molecule has 3 rings (SSSR count). The number of carbonyl (C=O) groups excluding carboxylic acids is 2. The molecule has 2 fully saturated rings. The van der Waals surface area contributed by atoms with E-state index >= 15 is 0 Å². The van der Waals surface area contributed by atoms with Crippen molar-refractivity contribution < 1.29 is 19.1 Å². The highest BCUT2D eigenvalue weighted by Crippen LogP contribution is 2.35. The molecule has 2 aliphatic heterocycles. The van der Waals surface area contributed by atoms with E-state index in [9.17, 15) is 9.59 Å². The van der Waals surface area contributed by atoms with E-state index in [0.717, 1.165) is 18.4 Å². The second kappa shape index (κ2) is 7.21. The Labute approximate surface area is 141 Å². The Morgan fingerprint density at radius 3 is 2.46 bits per heavy atom. The first-order chi connectivity index (χ1) is 11.6. The fraction of sp³-hybridized carbons (Fsp3) is 0.556. The summed E-state index contributed by atoms with van der Waals surface area (Å²) in [5, 5.41) is 6.29. The Morgan fingerprint density at radius 2 is 1.83 bits per heavy atom. The van der Waals surface area contributed by atoms with Crippen molar-refractivity contribution in [2.45, 2.75) is 56.8 Å². The topological polar surface area (TPSA) is 76.7 Å². The van der Waals surface area contributed by atoms with E-state index in [1.807, 2.05) is 30.3 Å². The Hall–Kier alpha value is -2.08. The van der Waals surface area contributed by atoms with Gasteiger partial charge in [0.1, 0.15) is 12.1 Å². The first-order valence-corrected chi connectivity index (χ1v) is 8.53. The summed E-state index contributed by atoms with van der Waals surface area (Å²) in [7, 11) is 0. The number of benzene rings is 1. The van der Waals surface area contributed by atoms with Gasteiger partial charge in [-0.2, -0.15) is 0 Å². The van der Waals surface area contributed by atoms with Crippen LogP contribution in [0.4, 0.5) is 4.79 Å². The molecule has 130 valence electrons. The highest BCUT2D eigenvalue weighted by Gasteiger charge is 2.50. The van der Waals surface area contributed by atoms with Crippen LogP contribution in [0.1, 0.15) is 38.2 Å². The molecular formula is C18H24N2O4. The molecule has 2 aliphatic rings. The molecular weight excluding hydrogens is 308 g/mol. The molecule has 24 heavy (non-hydrogen) atoms. The maximum Gasteiger partial charge on any atom is 0.408 e. The van der Waals surface area contributed by atoms with E-state index in [0.29, 0.717) is 19.4 Å². The SMILES string of the molecule is CCOC(=O)C1(NC(=O)OCc2ccccc2)CC2CCC(C1)N2. The van der Waals surface area contributed by atoms with Gasteiger partial charge < -0.3 is 20.1 Å². The summed E-state index contributed by atoms with van der Waals surface area (Å²) in [6, 6.07) is 9.94. The summed E-state index contributed by atoms with van der Waals surface area (Å²) >= 11 is 0. The van der Waals surface area contributed by atoms with Crippen LogP contribution in [0.15, 0.2) is 30.3 Å². The van der Waals surface area contributed by atoms with E-state index in [-0.39, 0.29) is 24.7 Å². The number of hydrogen-bond acceptors (Lipinski definition) is 5. The van der Waals surface area contributed by atoms with Crippen LogP contribution in [0.3, 0.4) is 0 Å². The molecule has 2 saturated heterocycles. The van der Waals surface area contributed by atoms with Crippen LogP contribution in [0.5, 0.6) is 0 Å². The molecule has 2 unspecified atom stereocenters. The van der Waals surface area contributed by atoms with Gasteiger partial charge in [0.2, 0.25) is 0 Å². The van der Waals surface area contributed by atoms with Gasteiger partial charge >= 0.3 is 12.1 Å². The third-order valence-electron chi connectivity index (χ3n) is 4.74. The Kier molecular flexibility index (Phi) is 5.04. The monoisotopic (exact) mass is 332 g/mol. The number of carbonyl (C=O) groups is 2. The van der Waals surface area contributed by atoms with Crippen LogP contribution in [0.25, 0.3) is 0 Å². The molecule has 0 saturated carbocycles. The second-order valence-corrected chi connectivity index (χ2v) is 6.54. The van der Waals surface area contributed by atoms with Crippen LogP contribution in [0.2, 0.25) is 0 Å². The standard InChI is InChI=1S/C18H24N2O4/c1-2-23-16(21)18(10-14-8-9-15(11-18)19-14)20-17(22)24-12-13-6-4-3-5-7-13/h3-7,14-15,19H,2,8-12H2,1H3,(H,20,22). The third kappa shape index (κ3) is 3.70. The second-order valence-electron chi connectivity index (χ2n) is 6.54. The highest BCUT2D eigenvalue weighted by atomic mass is 16.6. The van der Waals surface area contributed by atoms with Crippen LogP contribution >= 0.6 is 0 Å². The van der Waals surface area contributed by atoms with Crippen molar-refractivity contribution >= 4 is 12.1 Å². The Bertz CT molecular complexity index is 578. The maximum absolute atomic E-state index is 12.5. The normalized spacial score (nSPS) is 28.2. The van der Waals surface area contributed by atoms with Crippen molar-refractivity contribution in [1.82, 2.24) is 10.6 Å². The number of nitrogens with one attached hydrogen (secondary N) is 2. The molecule has 0 spiro atoms. The van der Waals surface area contributed by atoms with Crippen LogP contribution in [-0.2, 0) is 20.9 Å². The molecule has 1 amide bonds. The zero-order valence-electron chi connectivity index (χ0n) is 13.9.